The van der Waals surface area contributed by atoms with Crippen LogP contribution in [0.15, 0.2) is 52.7 Å². The Labute approximate surface area is 173 Å². The van der Waals surface area contributed by atoms with Crippen molar-refractivity contribution >= 4 is 32.7 Å². The molecule has 8 heteroatoms. The molecule has 0 unspecified atom stereocenters. The molecule has 0 aliphatic heterocycles. The molecule has 2 N–H and O–H groups in total. The smallest absolute Gasteiger partial charge is 0.240 e. The van der Waals surface area contributed by atoms with Crippen molar-refractivity contribution < 1.29 is 18.3 Å². The molecule has 28 heavy (non-hydrogen) atoms. The highest BCUT2D eigenvalue weighted by Gasteiger charge is 2.18. The van der Waals surface area contributed by atoms with Crippen molar-refractivity contribution in [2.45, 2.75) is 37.8 Å². The second kappa shape index (κ2) is 9.19. The maximum atomic E-state index is 12.6. The number of hydrogen-bond donors (Lipinski definition) is 2. The van der Waals surface area contributed by atoms with Crippen LogP contribution in [0.2, 0.25) is 0 Å². The SMILES string of the molecule is CCCOc1ccc(S(=O)(=O)NCc2ccc([C@H](O)c3cccs3)s2)cc1C. The van der Waals surface area contributed by atoms with Gasteiger partial charge in [-0.15, -0.1) is 22.7 Å². The van der Waals surface area contributed by atoms with Crippen LogP contribution in [0.4, 0.5) is 0 Å². The van der Waals surface area contributed by atoms with Gasteiger partial charge >= 0.3 is 0 Å². The highest BCUT2D eigenvalue weighted by atomic mass is 32.2. The van der Waals surface area contributed by atoms with Crippen LogP contribution in [-0.2, 0) is 16.6 Å². The first kappa shape index (κ1) is 21.0. The third-order valence-corrected chi connectivity index (χ3v) is 7.58. The van der Waals surface area contributed by atoms with E-state index >= 15 is 0 Å². The lowest BCUT2D eigenvalue weighted by Gasteiger charge is -2.11. The normalized spacial score (nSPS) is 12.8. The average molecular weight is 438 g/mol. The zero-order valence-electron chi connectivity index (χ0n) is 15.7. The fourth-order valence-corrected chi connectivity index (χ4v) is 5.58. The number of aliphatic hydroxyl groups is 1. The molecular formula is C20H23NO4S3. The molecule has 0 fully saturated rings. The molecule has 3 aromatic rings. The fourth-order valence-electron chi connectivity index (χ4n) is 2.64. The summed E-state index contributed by atoms with van der Waals surface area (Å²) in [4.78, 5) is 2.72. The van der Waals surface area contributed by atoms with E-state index in [1.807, 2.05) is 43.5 Å². The summed E-state index contributed by atoms with van der Waals surface area (Å²) in [6.07, 6.45) is 0.221. The van der Waals surface area contributed by atoms with Crippen LogP contribution in [0.1, 0.15) is 39.6 Å². The van der Waals surface area contributed by atoms with E-state index < -0.39 is 16.1 Å². The number of ether oxygens (including phenoxy) is 1. The number of thiophene rings is 2. The molecule has 0 amide bonds. The van der Waals surface area contributed by atoms with E-state index in [0.29, 0.717) is 12.4 Å². The molecule has 0 radical (unpaired) electrons. The lowest BCUT2D eigenvalue weighted by molar-refractivity contribution is 0.228. The summed E-state index contributed by atoms with van der Waals surface area (Å²) in [6, 6.07) is 12.3. The van der Waals surface area contributed by atoms with E-state index in [4.69, 9.17) is 4.74 Å². The molecule has 2 heterocycles. The van der Waals surface area contributed by atoms with Crippen LogP contribution in [-0.4, -0.2) is 20.1 Å². The summed E-state index contributed by atoms with van der Waals surface area (Å²) >= 11 is 2.89. The third kappa shape index (κ3) is 5.01. The molecule has 0 bridgehead atoms. The van der Waals surface area contributed by atoms with Crippen molar-refractivity contribution in [1.29, 1.82) is 0 Å². The maximum Gasteiger partial charge on any atom is 0.240 e. The van der Waals surface area contributed by atoms with Gasteiger partial charge in [0.05, 0.1) is 11.5 Å². The van der Waals surface area contributed by atoms with Gasteiger partial charge in [-0.05, 0) is 60.7 Å². The van der Waals surface area contributed by atoms with Gasteiger partial charge in [0.2, 0.25) is 10.0 Å². The molecule has 0 spiro atoms. The number of aliphatic hydroxyl groups excluding tert-OH is 1. The van der Waals surface area contributed by atoms with Gasteiger partial charge < -0.3 is 9.84 Å². The molecule has 2 aromatic heterocycles. The van der Waals surface area contributed by atoms with Crippen LogP contribution >= 0.6 is 22.7 Å². The first-order valence-corrected chi connectivity index (χ1v) is 12.1. The molecule has 0 aliphatic carbocycles. The summed E-state index contributed by atoms with van der Waals surface area (Å²) in [5.41, 5.74) is 0.786. The van der Waals surface area contributed by atoms with E-state index in [9.17, 15) is 13.5 Å². The monoisotopic (exact) mass is 437 g/mol. The molecule has 0 aliphatic rings. The van der Waals surface area contributed by atoms with Crippen molar-refractivity contribution in [1.82, 2.24) is 4.72 Å². The summed E-state index contributed by atoms with van der Waals surface area (Å²) in [6.45, 7) is 4.63. The average Bonchev–Trinajstić information content (AvgIpc) is 3.37. The number of rotatable bonds is 9. The zero-order valence-corrected chi connectivity index (χ0v) is 18.2. The molecule has 1 aromatic carbocycles. The van der Waals surface area contributed by atoms with Gasteiger partial charge in [-0.25, -0.2) is 13.1 Å². The maximum absolute atomic E-state index is 12.6. The highest BCUT2D eigenvalue weighted by Crippen LogP contribution is 2.31. The number of aryl methyl sites for hydroxylation is 1. The first-order valence-electron chi connectivity index (χ1n) is 8.94. The van der Waals surface area contributed by atoms with E-state index in [-0.39, 0.29) is 11.4 Å². The number of nitrogens with one attached hydrogen (secondary N) is 1. The number of benzene rings is 1. The lowest BCUT2D eigenvalue weighted by atomic mass is 10.2. The predicted octanol–water partition coefficient (Wildman–Crippen LogP) is 4.47. The van der Waals surface area contributed by atoms with Gasteiger partial charge in [-0.1, -0.05) is 13.0 Å². The summed E-state index contributed by atoms with van der Waals surface area (Å²) in [5.74, 6) is 0.700. The standard InChI is InChI=1S/C20H23NO4S3/c1-3-10-25-17-8-7-16(12-14(17)2)28(23,24)21-13-15-6-9-19(27-15)20(22)18-5-4-11-26-18/h4-9,11-12,20-22H,3,10,13H2,1-2H3/t20-/m1/s1. The van der Waals surface area contributed by atoms with Gasteiger partial charge in [0.15, 0.2) is 0 Å². The third-order valence-electron chi connectivity index (χ3n) is 4.12. The molecule has 1 atom stereocenters. The summed E-state index contributed by atoms with van der Waals surface area (Å²) in [5, 5.41) is 12.3. The highest BCUT2D eigenvalue weighted by molar-refractivity contribution is 7.89. The fraction of sp³-hybridized carbons (Fsp3) is 0.300. The molecule has 0 saturated carbocycles. The van der Waals surface area contributed by atoms with Crippen LogP contribution in [0, 0.1) is 6.92 Å². The quantitative estimate of drug-likeness (QED) is 0.518. The zero-order chi connectivity index (χ0) is 20.1. The minimum atomic E-state index is -3.63. The minimum absolute atomic E-state index is 0.178. The van der Waals surface area contributed by atoms with E-state index in [1.165, 1.54) is 22.7 Å². The molecule has 3 rings (SSSR count). The Hall–Kier alpha value is -1.71. The van der Waals surface area contributed by atoms with Crippen LogP contribution in [0.5, 0.6) is 5.75 Å². The van der Waals surface area contributed by atoms with Crippen molar-refractivity contribution in [3.63, 3.8) is 0 Å². The van der Waals surface area contributed by atoms with Crippen molar-refractivity contribution in [2.75, 3.05) is 6.61 Å². The van der Waals surface area contributed by atoms with Crippen molar-refractivity contribution in [3.8, 4) is 5.75 Å². The van der Waals surface area contributed by atoms with Crippen LogP contribution in [0.3, 0.4) is 0 Å². The summed E-state index contributed by atoms with van der Waals surface area (Å²) in [7, 11) is -3.63. The first-order chi connectivity index (χ1) is 13.4. The second-order valence-corrected chi connectivity index (χ2v) is 10.3. The molecule has 0 saturated heterocycles. The molecule has 150 valence electrons. The predicted molar refractivity (Wildman–Crippen MR) is 114 cm³/mol. The number of hydrogen-bond acceptors (Lipinski definition) is 6. The van der Waals surface area contributed by atoms with Crippen LogP contribution < -0.4 is 9.46 Å². The minimum Gasteiger partial charge on any atom is -0.493 e. The van der Waals surface area contributed by atoms with Gasteiger partial charge in [-0.2, -0.15) is 0 Å². The molecular weight excluding hydrogens is 414 g/mol. The lowest BCUT2D eigenvalue weighted by Crippen LogP contribution is -2.22. The van der Waals surface area contributed by atoms with Crippen LogP contribution in [0.25, 0.3) is 0 Å². The van der Waals surface area contributed by atoms with Gasteiger partial charge in [0.1, 0.15) is 11.9 Å². The summed E-state index contributed by atoms with van der Waals surface area (Å²) < 4.78 is 33.5. The largest absolute Gasteiger partial charge is 0.493 e. The van der Waals surface area contributed by atoms with E-state index in [2.05, 4.69) is 4.72 Å². The Morgan fingerprint density at radius 2 is 2.00 bits per heavy atom. The Bertz CT molecular complexity index is 1010. The second-order valence-electron chi connectivity index (χ2n) is 6.32. The van der Waals surface area contributed by atoms with E-state index in [0.717, 1.165) is 26.6 Å². The van der Waals surface area contributed by atoms with Crippen molar-refractivity contribution in [3.05, 3.63) is 68.0 Å². The Morgan fingerprint density at radius 3 is 2.68 bits per heavy atom. The number of sulfonamides is 1. The van der Waals surface area contributed by atoms with Gasteiger partial charge in [0, 0.05) is 21.2 Å². The van der Waals surface area contributed by atoms with Gasteiger partial charge in [-0.3, -0.25) is 0 Å². The van der Waals surface area contributed by atoms with Gasteiger partial charge in [0.25, 0.3) is 0 Å². The topological polar surface area (TPSA) is 75.6 Å². The van der Waals surface area contributed by atoms with Crippen molar-refractivity contribution in [2.24, 2.45) is 0 Å². The molecule has 5 nitrogen and oxygen atoms in total. The van der Waals surface area contributed by atoms with E-state index in [1.54, 1.807) is 18.2 Å². The Balaban J connectivity index is 1.66. The Morgan fingerprint density at radius 1 is 1.18 bits per heavy atom. The Kier molecular flexibility index (Phi) is 6.90.